The molecule has 0 spiro atoms. The minimum absolute atomic E-state index is 0. The minimum atomic E-state index is 0. The Balaban J connectivity index is -0.000000218. The normalized spacial score (nSPS) is 9.88. The van der Waals surface area contributed by atoms with Gasteiger partial charge in [-0.05, 0) is 0 Å². The summed E-state index contributed by atoms with van der Waals surface area (Å²) in [4.78, 5) is 2.95. The summed E-state index contributed by atoms with van der Waals surface area (Å²) < 4.78 is 0. The molecule has 0 heterocycles. The van der Waals surface area contributed by atoms with Gasteiger partial charge in [0, 0.05) is 0 Å². The Kier molecular flexibility index (Phi) is 25.4. The van der Waals surface area contributed by atoms with E-state index in [4.69, 9.17) is 0 Å². The molecule has 100 valence electrons. The Labute approximate surface area is 125 Å². The largest absolute Gasteiger partial charge is 2.00 e. The average molecular weight is 257 g/mol. The molecule has 0 aromatic heterocycles. The first-order valence-electron chi connectivity index (χ1n) is 6.39. The molecule has 0 unspecified atom stereocenters. The van der Waals surface area contributed by atoms with Crippen molar-refractivity contribution in [1.82, 2.24) is 0 Å². The molecule has 5 heteroatoms. The van der Waals surface area contributed by atoms with E-state index in [1.54, 1.807) is 0 Å². The molecule has 0 bridgehead atoms. The molecular weight excluding hydrogens is 224 g/mol. The van der Waals surface area contributed by atoms with Crippen molar-refractivity contribution in [2.45, 2.75) is 13.8 Å². The summed E-state index contributed by atoms with van der Waals surface area (Å²) in [5.74, 6) is 0. The summed E-state index contributed by atoms with van der Waals surface area (Å²) in [6, 6.07) is 0. The first-order chi connectivity index (χ1) is 7.54. The SMILES string of the molecule is CC[N-]CC[NH+](C)C.CC[N-]CC[NH+](C)C.[Mg+2]. The van der Waals surface area contributed by atoms with Gasteiger partial charge in [0.1, 0.15) is 0 Å². The molecule has 0 radical (unpaired) electrons. The summed E-state index contributed by atoms with van der Waals surface area (Å²) in [5, 5.41) is 8.38. The Bertz CT molecular complexity index is 107. The van der Waals surface area contributed by atoms with E-state index >= 15 is 0 Å². The minimum Gasteiger partial charge on any atom is -0.658 e. The number of hydrogen-bond donors (Lipinski definition) is 2. The van der Waals surface area contributed by atoms with Crippen molar-refractivity contribution in [3.8, 4) is 0 Å². The van der Waals surface area contributed by atoms with Crippen LogP contribution in [0.15, 0.2) is 0 Å². The molecule has 17 heavy (non-hydrogen) atoms. The zero-order valence-corrected chi connectivity index (χ0v) is 14.3. The van der Waals surface area contributed by atoms with Crippen LogP contribution < -0.4 is 9.80 Å². The molecule has 0 saturated carbocycles. The van der Waals surface area contributed by atoms with Crippen molar-refractivity contribution in [3.05, 3.63) is 10.6 Å². The van der Waals surface area contributed by atoms with Gasteiger partial charge in [-0.2, -0.15) is 13.1 Å². The fraction of sp³-hybridized carbons (Fsp3) is 1.00. The van der Waals surface area contributed by atoms with Crippen LogP contribution in [0.5, 0.6) is 0 Å². The summed E-state index contributed by atoms with van der Waals surface area (Å²) in [6.45, 7) is 10.4. The van der Waals surface area contributed by atoms with Gasteiger partial charge in [-0.15, -0.1) is 0 Å². The van der Waals surface area contributed by atoms with Gasteiger partial charge < -0.3 is 20.4 Å². The predicted octanol–water partition coefficient (Wildman–Crippen LogP) is -1.33. The first-order valence-corrected chi connectivity index (χ1v) is 6.39. The molecule has 0 atom stereocenters. The standard InChI is InChI=1S/2C6H15N2.Mg/c2*1-4-7-5-6-8(2)3;/h2*4-6H2,1-3H3;/q2*-1;+2/p+2. The molecule has 0 aromatic rings. The van der Waals surface area contributed by atoms with Crippen LogP contribution in [0.3, 0.4) is 0 Å². The van der Waals surface area contributed by atoms with Crippen LogP contribution in [0.25, 0.3) is 10.6 Å². The van der Waals surface area contributed by atoms with Crippen molar-refractivity contribution in [2.24, 2.45) is 0 Å². The number of nitrogens with zero attached hydrogens (tertiary/aromatic N) is 2. The number of rotatable bonds is 8. The van der Waals surface area contributed by atoms with Crippen LogP contribution in [-0.4, -0.2) is 90.5 Å². The monoisotopic (exact) mass is 256 g/mol. The van der Waals surface area contributed by atoms with Crippen molar-refractivity contribution in [2.75, 3.05) is 67.5 Å². The van der Waals surface area contributed by atoms with Gasteiger partial charge in [-0.3, -0.25) is 0 Å². The van der Waals surface area contributed by atoms with Crippen LogP contribution in [-0.2, 0) is 0 Å². The third-order valence-corrected chi connectivity index (χ3v) is 1.99. The van der Waals surface area contributed by atoms with E-state index in [9.17, 15) is 0 Å². The Morgan fingerprint density at radius 2 is 1.00 bits per heavy atom. The maximum Gasteiger partial charge on any atom is 2.00 e. The van der Waals surface area contributed by atoms with Gasteiger partial charge in [0.05, 0.1) is 41.3 Å². The maximum atomic E-state index is 4.19. The fourth-order valence-corrected chi connectivity index (χ4v) is 0.922. The maximum absolute atomic E-state index is 4.19. The Hall–Kier alpha value is 0.606. The second kappa shape index (κ2) is 19.0. The van der Waals surface area contributed by atoms with Gasteiger partial charge in [0.15, 0.2) is 0 Å². The van der Waals surface area contributed by atoms with E-state index in [-0.39, 0.29) is 23.1 Å². The quantitative estimate of drug-likeness (QED) is 0.399. The van der Waals surface area contributed by atoms with E-state index in [1.165, 1.54) is 9.80 Å². The van der Waals surface area contributed by atoms with Crippen molar-refractivity contribution in [3.63, 3.8) is 0 Å². The van der Waals surface area contributed by atoms with E-state index in [2.05, 4.69) is 52.7 Å². The van der Waals surface area contributed by atoms with Gasteiger partial charge in [-0.1, -0.05) is 26.9 Å². The molecular formula is C12H32MgN4+2. The molecule has 0 aliphatic rings. The molecule has 0 saturated heterocycles. The van der Waals surface area contributed by atoms with E-state index in [0.29, 0.717) is 0 Å². The van der Waals surface area contributed by atoms with E-state index in [0.717, 1.165) is 39.3 Å². The molecule has 0 aromatic carbocycles. The van der Waals surface area contributed by atoms with Crippen LogP contribution in [0.4, 0.5) is 0 Å². The molecule has 0 fully saturated rings. The van der Waals surface area contributed by atoms with Gasteiger partial charge >= 0.3 is 23.1 Å². The van der Waals surface area contributed by atoms with Gasteiger partial charge in [0.25, 0.3) is 0 Å². The number of nitrogens with one attached hydrogen (secondary N) is 2. The number of quaternary nitrogens is 2. The summed E-state index contributed by atoms with van der Waals surface area (Å²) in [7, 11) is 8.58. The number of likely N-dealkylation sites (N-methyl/N-ethyl adjacent to an activating group) is 4. The predicted molar refractivity (Wildman–Crippen MR) is 78.6 cm³/mol. The second-order valence-electron chi connectivity index (χ2n) is 4.44. The molecule has 0 amide bonds. The third kappa shape index (κ3) is 31.5. The van der Waals surface area contributed by atoms with Crippen LogP contribution in [0.2, 0.25) is 0 Å². The van der Waals surface area contributed by atoms with Crippen LogP contribution >= 0.6 is 0 Å². The molecule has 0 aliphatic heterocycles. The fourth-order valence-electron chi connectivity index (χ4n) is 0.922. The molecule has 4 nitrogen and oxygen atoms in total. The second-order valence-corrected chi connectivity index (χ2v) is 4.44. The smallest absolute Gasteiger partial charge is 0.658 e. The summed E-state index contributed by atoms with van der Waals surface area (Å²) >= 11 is 0. The number of hydrogen-bond acceptors (Lipinski definition) is 0. The first kappa shape index (κ1) is 22.8. The topological polar surface area (TPSA) is 37.1 Å². The molecule has 2 N–H and O–H groups in total. The van der Waals surface area contributed by atoms with Crippen molar-refractivity contribution in [1.29, 1.82) is 0 Å². The summed E-state index contributed by atoms with van der Waals surface area (Å²) in [6.07, 6.45) is 0. The van der Waals surface area contributed by atoms with Crippen LogP contribution in [0, 0.1) is 0 Å². The van der Waals surface area contributed by atoms with E-state index < -0.39 is 0 Å². The Morgan fingerprint density at radius 1 is 0.706 bits per heavy atom. The summed E-state index contributed by atoms with van der Waals surface area (Å²) in [5.41, 5.74) is 0. The van der Waals surface area contributed by atoms with Crippen molar-refractivity contribution < 1.29 is 9.80 Å². The average Bonchev–Trinajstić information content (AvgIpc) is 2.18. The van der Waals surface area contributed by atoms with Crippen molar-refractivity contribution >= 4 is 23.1 Å². The Morgan fingerprint density at radius 3 is 1.18 bits per heavy atom. The van der Waals surface area contributed by atoms with Gasteiger partial charge in [0.2, 0.25) is 0 Å². The zero-order chi connectivity index (χ0) is 12.8. The zero-order valence-electron chi connectivity index (χ0n) is 12.8. The molecule has 0 rings (SSSR count). The van der Waals surface area contributed by atoms with Crippen LogP contribution in [0.1, 0.15) is 13.8 Å². The van der Waals surface area contributed by atoms with Gasteiger partial charge in [-0.25, -0.2) is 0 Å². The molecule has 0 aliphatic carbocycles. The third-order valence-electron chi connectivity index (χ3n) is 1.99. The van der Waals surface area contributed by atoms with E-state index in [1.807, 2.05) is 0 Å².